The maximum Gasteiger partial charge on any atom is 0.251 e. The van der Waals surface area contributed by atoms with Crippen LogP contribution in [-0.2, 0) is 0 Å². The molecule has 2 atom stereocenters. The molecule has 1 fully saturated rings. The minimum atomic E-state index is -0.280. The number of hydrogen-bond acceptors (Lipinski definition) is 4. The average Bonchev–Trinajstić information content (AvgIpc) is 2.35. The van der Waals surface area contributed by atoms with Crippen LogP contribution in [0.3, 0.4) is 0 Å². The molecule has 1 aromatic rings. The van der Waals surface area contributed by atoms with E-state index in [1.165, 1.54) is 18.2 Å². The van der Waals surface area contributed by atoms with Gasteiger partial charge in [-0.15, -0.1) is 0 Å². The van der Waals surface area contributed by atoms with Crippen LogP contribution in [0.4, 0.5) is 0 Å². The van der Waals surface area contributed by atoms with E-state index >= 15 is 0 Å². The third kappa shape index (κ3) is 2.73. The molecule has 0 radical (unpaired) electrons. The second-order valence-corrected chi connectivity index (χ2v) is 4.75. The highest BCUT2D eigenvalue weighted by atomic mass is 16.3. The Balaban J connectivity index is 2.04. The molecule has 0 saturated carbocycles. The third-order valence-corrected chi connectivity index (χ3v) is 3.38. The SMILES string of the molecule is CC1CCNCC1NC(=O)c1ccc(O)c(O)c1. The Labute approximate surface area is 106 Å². The summed E-state index contributed by atoms with van der Waals surface area (Å²) in [5.41, 5.74) is 0.350. The summed E-state index contributed by atoms with van der Waals surface area (Å²) in [5, 5.41) is 24.7. The van der Waals surface area contributed by atoms with Gasteiger partial charge in [0.15, 0.2) is 11.5 Å². The van der Waals surface area contributed by atoms with Gasteiger partial charge in [0.25, 0.3) is 5.91 Å². The van der Waals surface area contributed by atoms with Crippen molar-refractivity contribution in [2.24, 2.45) is 5.92 Å². The number of phenols is 2. The quantitative estimate of drug-likeness (QED) is 0.586. The fourth-order valence-corrected chi connectivity index (χ4v) is 2.10. The zero-order valence-corrected chi connectivity index (χ0v) is 10.3. The molecule has 0 bridgehead atoms. The standard InChI is InChI=1S/C13H18N2O3/c1-8-4-5-14-7-10(8)15-13(18)9-2-3-11(16)12(17)6-9/h2-3,6,8,10,14,16-17H,4-5,7H2,1H3,(H,15,18). The van der Waals surface area contributed by atoms with Crippen molar-refractivity contribution in [3.63, 3.8) is 0 Å². The van der Waals surface area contributed by atoms with Gasteiger partial charge >= 0.3 is 0 Å². The van der Waals surface area contributed by atoms with Gasteiger partial charge in [0.05, 0.1) is 0 Å². The van der Waals surface area contributed by atoms with Crippen molar-refractivity contribution >= 4 is 5.91 Å². The summed E-state index contributed by atoms with van der Waals surface area (Å²) in [4.78, 5) is 12.0. The molecular formula is C13H18N2O3. The number of hydrogen-bond donors (Lipinski definition) is 4. The van der Waals surface area contributed by atoms with Gasteiger partial charge in [0.2, 0.25) is 0 Å². The van der Waals surface area contributed by atoms with Crippen LogP contribution in [0.25, 0.3) is 0 Å². The number of piperidine rings is 1. The molecule has 98 valence electrons. The van der Waals surface area contributed by atoms with Gasteiger partial charge in [0.1, 0.15) is 0 Å². The molecule has 18 heavy (non-hydrogen) atoms. The number of carbonyl (C=O) groups is 1. The minimum Gasteiger partial charge on any atom is -0.504 e. The van der Waals surface area contributed by atoms with E-state index in [0.717, 1.165) is 19.5 Å². The Hall–Kier alpha value is -1.75. The summed E-state index contributed by atoms with van der Waals surface area (Å²) in [6, 6.07) is 4.17. The highest BCUT2D eigenvalue weighted by Gasteiger charge is 2.23. The van der Waals surface area contributed by atoms with Crippen molar-refractivity contribution in [2.45, 2.75) is 19.4 Å². The Morgan fingerprint density at radius 1 is 1.39 bits per heavy atom. The molecule has 0 spiro atoms. The van der Waals surface area contributed by atoms with Crippen molar-refractivity contribution in [1.82, 2.24) is 10.6 Å². The molecule has 1 aromatic carbocycles. The monoisotopic (exact) mass is 250 g/mol. The molecule has 1 aliphatic rings. The molecule has 4 N–H and O–H groups in total. The Kier molecular flexibility index (Phi) is 3.72. The van der Waals surface area contributed by atoms with Crippen molar-refractivity contribution in [1.29, 1.82) is 0 Å². The van der Waals surface area contributed by atoms with Gasteiger partial charge in [-0.25, -0.2) is 0 Å². The number of phenolic OH excluding ortho intramolecular Hbond substituents is 2. The van der Waals surface area contributed by atoms with Crippen LogP contribution in [0, 0.1) is 5.92 Å². The summed E-state index contributed by atoms with van der Waals surface area (Å²) in [7, 11) is 0. The molecular weight excluding hydrogens is 232 g/mol. The van der Waals surface area contributed by atoms with Crippen LogP contribution in [0.5, 0.6) is 11.5 Å². The number of amides is 1. The number of rotatable bonds is 2. The molecule has 1 heterocycles. The van der Waals surface area contributed by atoms with E-state index in [-0.39, 0.29) is 23.4 Å². The summed E-state index contributed by atoms with van der Waals surface area (Å²) in [6.07, 6.45) is 1.03. The Morgan fingerprint density at radius 3 is 2.83 bits per heavy atom. The third-order valence-electron chi connectivity index (χ3n) is 3.38. The zero-order chi connectivity index (χ0) is 13.1. The van der Waals surface area contributed by atoms with Crippen molar-refractivity contribution in [3.05, 3.63) is 23.8 Å². The largest absolute Gasteiger partial charge is 0.504 e. The van der Waals surface area contributed by atoms with E-state index in [2.05, 4.69) is 17.6 Å². The normalized spacial score (nSPS) is 23.6. The molecule has 5 nitrogen and oxygen atoms in total. The smallest absolute Gasteiger partial charge is 0.251 e. The zero-order valence-electron chi connectivity index (χ0n) is 10.3. The van der Waals surface area contributed by atoms with Crippen LogP contribution in [0.1, 0.15) is 23.7 Å². The summed E-state index contributed by atoms with van der Waals surface area (Å²) >= 11 is 0. The molecule has 1 amide bonds. The van der Waals surface area contributed by atoms with Gasteiger partial charge in [0, 0.05) is 18.2 Å². The molecule has 5 heteroatoms. The second kappa shape index (κ2) is 5.27. The molecule has 2 unspecified atom stereocenters. The van der Waals surface area contributed by atoms with Crippen molar-refractivity contribution in [2.75, 3.05) is 13.1 Å². The average molecular weight is 250 g/mol. The predicted molar refractivity (Wildman–Crippen MR) is 67.7 cm³/mol. The fourth-order valence-electron chi connectivity index (χ4n) is 2.10. The van der Waals surface area contributed by atoms with E-state index in [0.29, 0.717) is 11.5 Å². The lowest BCUT2D eigenvalue weighted by atomic mass is 9.94. The van der Waals surface area contributed by atoms with E-state index < -0.39 is 0 Å². The Bertz CT molecular complexity index is 448. The van der Waals surface area contributed by atoms with E-state index in [4.69, 9.17) is 0 Å². The first-order chi connectivity index (χ1) is 8.58. The number of nitrogens with one attached hydrogen (secondary N) is 2. The van der Waals surface area contributed by atoms with Crippen molar-refractivity contribution < 1.29 is 15.0 Å². The van der Waals surface area contributed by atoms with Crippen LogP contribution in [0.15, 0.2) is 18.2 Å². The maximum absolute atomic E-state index is 12.0. The lowest BCUT2D eigenvalue weighted by Crippen LogP contribution is -2.50. The van der Waals surface area contributed by atoms with E-state index in [1.54, 1.807) is 0 Å². The van der Waals surface area contributed by atoms with Crippen LogP contribution in [0.2, 0.25) is 0 Å². The molecule has 1 saturated heterocycles. The Morgan fingerprint density at radius 2 is 2.17 bits per heavy atom. The lowest BCUT2D eigenvalue weighted by Gasteiger charge is -2.30. The van der Waals surface area contributed by atoms with E-state index in [9.17, 15) is 15.0 Å². The van der Waals surface area contributed by atoms with Crippen LogP contribution >= 0.6 is 0 Å². The first-order valence-electron chi connectivity index (χ1n) is 6.11. The first-order valence-corrected chi connectivity index (χ1v) is 6.11. The number of benzene rings is 1. The lowest BCUT2D eigenvalue weighted by molar-refractivity contribution is 0.0915. The van der Waals surface area contributed by atoms with Crippen LogP contribution < -0.4 is 10.6 Å². The minimum absolute atomic E-state index is 0.0993. The van der Waals surface area contributed by atoms with Gasteiger partial charge < -0.3 is 20.8 Å². The highest BCUT2D eigenvalue weighted by molar-refractivity contribution is 5.95. The number of carbonyl (C=O) groups excluding carboxylic acids is 1. The molecule has 1 aliphatic heterocycles. The predicted octanol–water partition coefficient (Wildman–Crippen LogP) is 0.826. The highest BCUT2D eigenvalue weighted by Crippen LogP contribution is 2.25. The van der Waals surface area contributed by atoms with Gasteiger partial charge in [-0.2, -0.15) is 0 Å². The topological polar surface area (TPSA) is 81.6 Å². The van der Waals surface area contributed by atoms with E-state index in [1.807, 2.05) is 0 Å². The first kappa shape index (κ1) is 12.7. The molecule has 2 rings (SSSR count). The summed E-state index contributed by atoms with van der Waals surface area (Å²) < 4.78 is 0. The van der Waals surface area contributed by atoms with Gasteiger partial charge in [-0.3, -0.25) is 4.79 Å². The number of aromatic hydroxyl groups is 2. The van der Waals surface area contributed by atoms with Crippen molar-refractivity contribution in [3.8, 4) is 11.5 Å². The molecule has 0 aliphatic carbocycles. The fraction of sp³-hybridized carbons (Fsp3) is 0.462. The van der Waals surface area contributed by atoms with Gasteiger partial charge in [-0.05, 0) is 37.1 Å². The molecule has 0 aromatic heterocycles. The summed E-state index contributed by atoms with van der Waals surface area (Å²) in [5.74, 6) is -0.302. The van der Waals surface area contributed by atoms with Crippen LogP contribution in [-0.4, -0.2) is 35.3 Å². The van der Waals surface area contributed by atoms with Gasteiger partial charge in [-0.1, -0.05) is 6.92 Å². The second-order valence-electron chi connectivity index (χ2n) is 4.75. The maximum atomic E-state index is 12.0. The summed E-state index contributed by atoms with van der Waals surface area (Å²) in [6.45, 7) is 3.85.